The molecule has 4 heteroatoms. The second-order valence-electron chi connectivity index (χ2n) is 4.57. The summed E-state index contributed by atoms with van der Waals surface area (Å²) in [5.74, 6) is 0.875. The summed E-state index contributed by atoms with van der Waals surface area (Å²) >= 11 is 1.73. The molecule has 1 aromatic carbocycles. The first kappa shape index (κ1) is 14.1. The van der Waals surface area contributed by atoms with Gasteiger partial charge in [0.2, 0.25) is 0 Å². The monoisotopic (exact) mass is 276 g/mol. The molecule has 0 aliphatic heterocycles. The van der Waals surface area contributed by atoms with Crippen LogP contribution < -0.4 is 10.5 Å². The van der Waals surface area contributed by atoms with Crippen LogP contribution in [0.1, 0.15) is 17.2 Å². The molecule has 3 nitrogen and oxygen atoms in total. The Labute approximate surface area is 118 Å². The van der Waals surface area contributed by atoms with Crippen LogP contribution in [0.4, 0.5) is 0 Å². The number of benzene rings is 1. The Morgan fingerprint density at radius 1 is 1.26 bits per heavy atom. The lowest BCUT2D eigenvalue weighted by molar-refractivity contribution is 0.242. The third-order valence-corrected chi connectivity index (χ3v) is 4.00. The Hall–Kier alpha value is -1.36. The number of hydrogen-bond donors (Lipinski definition) is 1. The van der Waals surface area contributed by atoms with Gasteiger partial charge >= 0.3 is 0 Å². The van der Waals surface area contributed by atoms with Crippen LogP contribution in [-0.4, -0.2) is 25.6 Å². The molecule has 1 atom stereocenters. The minimum atomic E-state index is 0.228. The fourth-order valence-electron chi connectivity index (χ4n) is 2.18. The van der Waals surface area contributed by atoms with Crippen molar-refractivity contribution in [1.82, 2.24) is 4.90 Å². The van der Waals surface area contributed by atoms with E-state index in [0.717, 1.165) is 12.3 Å². The summed E-state index contributed by atoms with van der Waals surface area (Å²) in [5, 5.41) is 4.28. The molecule has 0 saturated carbocycles. The van der Waals surface area contributed by atoms with Gasteiger partial charge in [0.15, 0.2) is 0 Å². The van der Waals surface area contributed by atoms with E-state index in [1.54, 1.807) is 18.4 Å². The van der Waals surface area contributed by atoms with Crippen molar-refractivity contribution in [2.24, 2.45) is 5.73 Å². The number of methoxy groups -OCH3 is 1. The molecule has 0 bridgehead atoms. The molecular formula is C15H20N2OS. The maximum Gasteiger partial charge on any atom is 0.118 e. The Balaban J connectivity index is 2.09. The average Bonchev–Trinajstić information content (AvgIpc) is 2.93. The van der Waals surface area contributed by atoms with Gasteiger partial charge in [0.1, 0.15) is 5.75 Å². The van der Waals surface area contributed by atoms with Gasteiger partial charge < -0.3 is 10.5 Å². The highest BCUT2D eigenvalue weighted by Crippen LogP contribution is 2.23. The van der Waals surface area contributed by atoms with Gasteiger partial charge in [-0.05, 0) is 47.1 Å². The Morgan fingerprint density at radius 3 is 2.53 bits per heavy atom. The lowest BCUT2D eigenvalue weighted by atomic mass is 10.1. The number of nitrogens with two attached hydrogens (primary N) is 1. The summed E-state index contributed by atoms with van der Waals surface area (Å²) in [7, 11) is 3.79. The van der Waals surface area contributed by atoms with E-state index >= 15 is 0 Å². The van der Waals surface area contributed by atoms with Crippen LogP contribution in [0.2, 0.25) is 0 Å². The average molecular weight is 276 g/mol. The highest BCUT2D eigenvalue weighted by Gasteiger charge is 2.15. The van der Waals surface area contributed by atoms with E-state index in [9.17, 15) is 0 Å². The normalized spacial score (nSPS) is 12.6. The van der Waals surface area contributed by atoms with Crippen LogP contribution in [0.25, 0.3) is 0 Å². The zero-order chi connectivity index (χ0) is 13.7. The highest BCUT2D eigenvalue weighted by molar-refractivity contribution is 7.07. The van der Waals surface area contributed by atoms with E-state index in [4.69, 9.17) is 10.5 Å². The molecule has 0 aliphatic rings. The molecular weight excluding hydrogens is 256 g/mol. The van der Waals surface area contributed by atoms with Crippen molar-refractivity contribution in [3.05, 3.63) is 52.2 Å². The van der Waals surface area contributed by atoms with Crippen molar-refractivity contribution in [1.29, 1.82) is 0 Å². The first-order valence-electron chi connectivity index (χ1n) is 6.30. The molecule has 0 saturated heterocycles. The summed E-state index contributed by atoms with van der Waals surface area (Å²) in [5.41, 5.74) is 8.49. The smallest absolute Gasteiger partial charge is 0.118 e. The number of rotatable bonds is 6. The minimum Gasteiger partial charge on any atom is -0.497 e. The molecule has 2 N–H and O–H groups in total. The lowest BCUT2D eigenvalue weighted by Gasteiger charge is -2.27. The third kappa shape index (κ3) is 3.56. The fraction of sp³-hybridized carbons (Fsp3) is 0.333. The molecule has 2 aromatic rings. The number of nitrogens with zero attached hydrogens (tertiary/aromatic N) is 1. The van der Waals surface area contributed by atoms with Gasteiger partial charge in [0.05, 0.1) is 7.11 Å². The second kappa shape index (κ2) is 6.70. The van der Waals surface area contributed by atoms with E-state index in [1.165, 1.54) is 11.1 Å². The summed E-state index contributed by atoms with van der Waals surface area (Å²) in [6.07, 6.45) is 0. The predicted octanol–water partition coefficient (Wildman–Crippen LogP) is 2.89. The molecule has 0 aliphatic carbocycles. The number of hydrogen-bond acceptors (Lipinski definition) is 4. The second-order valence-corrected chi connectivity index (χ2v) is 5.35. The van der Waals surface area contributed by atoms with Crippen molar-refractivity contribution < 1.29 is 4.74 Å². The predicted molar refractivity (Wildman–Crippen MR) is 80.6 cm³/mol. The highest BCUT2D eigenvalue weighted by atomic mass is 32.1. The van der Waals surface area contributed by atoms with Crippen molar-refractivity contribution in [2.45, 2.75) is 12.6 Å². The molecule has 0 amide bonds. The van der Waals surface area contributed by atoms with Crippen LogP contribution in [0.5, 0.6) is 5.75 Å². The number of likely N-dealkylation sites (N-methyl/N-ethyl adjacent to an activating group) is 1. The maximum absolute atomic E-state index is 5.93. The number of ether oxygens (including phenoxy) is 1. The topological polar surface area (TPSA) is 38.5 Å². The van der Waals surface area contributed by atoms with Gasteiger partial charge in [-0.2, -0.15) is 11.3 Å². The molecule has 0 spiro atoms. The van der Waals surface area contributed by atoms with Crippen LogP contribution in [0, 0.1) is 0 Å². The van der Waals surface area contributed by atoms with Crippen molar-refractivity contribution in [2.75, 3.05) is 20.7 Å². The van der Waals surface area contributed by atoms with E-state index in [0.29, 0.717) is 6.54 Å². The molecule has 2 rings (SSSR count). The Bertz CT molecular complexity index is 481. The summed E-state index contributed by atoms with van der Waals surface area (Å²) in [4.78, 5) is 2.28. The van der Waals surface area contributed by atoms with Crippen molar-refractivity contribution in [3.8, 4) is 5.75 Å². The lowest BCUT2D eigenvalue weighted by Crippen LogP contribution is -2.30. The standard InChI is InChI=1S/C15H20N2OS/c1-17(10-12-7-8-19-11-12)15(9-16)13-3-5-14(18-2)6-4-13/h3-8,11,15H,9-10,16H2,1-2H3. The van der Waals surface area contributed by atoms with Gasteiger partial charge in [-0.1, -0.05) is 12.1 Å². The molecule has 1 aromatic heterocycles. The first-order chi connectivity index (χ1) is 9.24. The molecule has 0 fully saturated rings. The first-order valence-corrected chi connectivity index (χ1v) is 7.24. The summed E-state index contributed by atoms with van der Waals surface area (Å²) in [6.45, 7) is 1.52. The van der Waals surface area contributed by atoms with Crippen LogP contribution in [0.3, 0.4) is 0 Å². The molecule has 102 valence electrons. The van der Waals surface area contributed by atoms with Gasteiger partial charge in [-0.25, -0.2) is 0 Å². The Morgan fingerprint density at radius 2 is 2.00 bits per heavy atom. The molecule has 19 heavy (non-hydrogen) atoms. The molecule has 1 heterocycles. The zero-order valence-electron chi connectivity index (χ0n) is 11.4. The largest absolute Gasteiger partial charge is 0.497 e. The van der Waals surface area contributed by atoms with Gasteiger partial charge in [-0.15, -0.1) is 0 Å². The van der Waals surface area contributed by atoms with Crippen molar-refractivity contribution in [3.63, 3.8) is 0 Å². The van der Waals surface area contributed by atoms with E-state index in [2.05, 4.69) is 40.9 Å². The third-order valence-electron chi connectivity index (χ3n) is 3.27. The van der Waals surface area contributed by atoms with Gasteiger partial charge in [0.25, 0.3) is 0 Å². The van der Waals surface area contributed by atoms with E-state index in [1.807, 2.05) is 12.1 Å². The maximum atomic E-state index is 5.93. The summed E-state index contributed by atoms with van der Waals surface area (Å²) < 4.78 is 5.18. The molecule has 0 radical (unpaired) electrons. The van der Waals surface area contributed by atoms with Crippen LogP contribution >= 0.6 is 11.3 Å². The number of thiophene rings is 1. The molecule has 1 unspecified atom stereocenters. The van der Waals surface area contributed by atoms with Crippen LogP contribution in [0.15, 0.2) is 41.1 Å². The SMILES string of the molecule is COc1ccc(C(CN)N(C)Cc2ccsc2)cc1. The van der Waals surface area contributed by atoms with E-state index < -0.39 is 0 Å². The van der Waals surface area contributed by atoms with Gasteiger partial charge in [-0.3, -0.25) is 4.90 Å². The van der Waals surface area contributed by atoms with E-state index in [-0.39, 0.29) is 6.04 Å². The van der Waals surface area contributed by atoms with Gasteiger partial charge in [0, 0.05) is 19.1 Å². The quantitative estimate of drug-likeness (QED) is 0.881. The Kier molecular flexibility index (Phi) is 4.96. The minimum absolute atomic E-state index is 0.228. The zero-order valence-corrected chi connectivity index (χ0v) is 12.2. The van der Waals surface area contributed by atoms with Crippen molar-refractivity contribution >= 4 is 11.3 Å². The fourth-order valence-corrected chi connectivity index (χ4v) is 2.84. The van der Waals surface area contributed by atoms with Crippen LogP contribution in [-0.2, 0) is 6.54 Å². The summed E-state index contributed by atoms with van der Waals surface area (Å²) in [6, 6.07) is 10.5.